The van der Waals surface area contributed by atoms with E-state index in [1.54, 1.807) is 42.7 Å². The van der Waals surface area contributed by atoms with Crippen LogP contribution in [0.4, 0.5) is 13.2 Å². The van der Waals surface area contributed by atoms with Gasteiger partial charge in [-0.2, -0.15) is 13.2 Å². The number of ether oxygens (including phenoxy) is 2. The highest BCUT2D eigenvalue weighted by Crippen LogP contribution is 2.68. The number of halogens is 3. The van der Waals surface area contributed by atoms with Crippen LogP contribution in [-0.2, 0) is 4.79 Å². The Hall–Kier alpha value is -3.28. The third kappa shape index (κ3) is 3.37. The van der Waals surface area contributed by atoms with Crippen LogP contribution in [0.2, 0.25) is 0 Å². The van der Waals surface area contributed by atoms with Crippen molar-refractivity contribution in [2.45, 2.75) is 56.8 Å². The van der Waals surface area contributed by atoms with Crippen molar-refractivity contribution in [3.8, 4) is 23.3 Å². The summed E-state index contributed by atoms with van der Waals surface area (Å²) in [5.41, 5.74) is -0.744. The van der Waals surface area contributed by atoms with Gasteiger partial charge in [0, 0.05) is 36.6 Å². The quantitative estimate of drug-likeness (QED) is 0.592. The van der Waals surface area contributed by atoms with Crippen LogP contribution in [0.3, 0.4) is 0 Å². The number of likely N-dealkylation sites (tertiary alicyclic amines) is 1. The first kappa shape index (κ1) is 22.2. The fourth-order valence-electron chi connectivity index (χ4n) is 6.42. The predicted molar refractivity (Wildman–Crippen MR) is 118 cm³/mol. The zero-order chi connectivity index (χ0) is 24.4. The lowest BCUT2D eigenvalue weighted by Gasteiger charge is -2.34. The molecule has 0 radical (unpaired) electrons. The van der Waals surface area contributed by atoms with Crippen LogP contribution in [0.5, 0.6) is 11.5 Å². The van der Waals surface area contributed by atoms with E-state index in [4.69, 9.17) is 9.47 Å². The zero-order valence-corrected chi connectivity index (χ0v) is 19.2. The highest BCUT2D eigenvalue weighted by atomic mass is 19.4. The fourth-order valence-corrected chi connectivity index (χ4v) is 6.42. The molecule has 2 saturated carbocycles. The highest BCUT2D eigenvalue weighted by molar-refractivity contribution is 5.85. The van der Waals surface area contributed by atoms with E-state index < -0.39 is 17.0 Å². The molecule has 35 heavy (non-hydrogen) atoms. The number of alkyl halides is 3. The van der Waals surface area contributed by atoms with Crippen molar-refractivity contribution in [1.29, 1.82) is 0 Å². The minimum Gasteiger partial charge on any atom is -0.497 e. The average Bonchev–Trinajstić information content (AvgIpc) is 3.54. The minimum absolute atomic E-state index is 0.0386. The Morgan fingerprint density at radius 3 is 2.74 bits per heavy atom. The van der Waals surface area contributed by atoms with Crippen molar-refractivity contribution >= 4 is 5.91 Å². The molecule has 0 spiro atoms. The number of fused-ring (bicyclic) bond motifs is 6. The number of nitrogens with zero attached hydrogens (tertiary/aromatic N) is 3. The number of methoxy groups -OCH3 is 1. The van der Waals surface area contributed by atoms with E-state index in [0.717, 1.165) is 5.56 Å². The third-order valence-corrected chi connectivity index (χ3v) is 8.28. The predicted octanol–water partition coefficient (Wildman–Crippen LogP) is 4.43. The number of hydrogen-bond donors (Lipinski definition) is 0. The topological polar surface area (TPSA) is 64.6 Å². The second-order valence-electron chi connectivity index (χ2n) is 10.1. The van der Waals surface area contributed by atoms with Gasteiger partial charge in [0.1, 0.15) is 23.3 Å². The van der Waals surface area contributed by atoms with Crippen molar-refractivity contribution < 1.29 is 27.4 Å². The van der Waals surface area contributed by atoms with Gasteiger partial charge in [-0.1, -0.05) is 5.92 Å². The zero-order valence-electron chi connectivity index (χ0n) is 19.2. The highest BCUT2D eigenvalue weighted by Gasteiger charge is 2.69. The average molecular weight is 483 g/mol. The number of hydrogen-bond acceptors (Lipinski definition) is 5. The van der Waals surface area contributed by atoms with E-state index in [-0.39, 0.29) is 37.3 Å². The van der Waals surface area contributed by atoms with Crippen LogP contribution in [0.1, 0.15) is 61.4 Å². The fraction of sp³-hybridized carbons (Fsp3) is 0.500. The van der Waals surface area contributed by atoms with Gasteiger partial charge in [-0.05, 0) is 44.1 Å². The lowest BCUT2D eigenvalue weighted by molar-refractivity contribution is -0.220. The van der Waals surface area contributed by atoms with Gasteiger partial charge >= 0.3 is 6.18 Å². The summed E-state index contributed by atoms with van der Waals surface area (Å²) in [6.45, 7) is 0.364. The maximum atomic E-state index is 13.8. The summed E-state index contributed by atoms with van der Waals surface area (Å²) in [4.78, 5) is 24.0. The monoisotopic (exact) mass is 483 g/mol. The molecule has 0 aromatic carbocycles. The van der Waals surface area contributed by atoms with Crippen molar-refractivity contribution in [2.75, 3.05) is 13.7 Å². The van der Waals surface area contributed by atoms with Gasteiger partial charge in [-0.3, -0.25) is 9.78 Å². The van der Waals surface area contributed by atoms with E-state index >= 15 is 0 Å². The lowest BCUT2D eigenvalue weighted by Crippen LogP contribution is -2.41. The number of pyridine rings is 2. The first-order chi connectivity index (χ1) is 16.7. The van der Waals surface area contributed by atoms with Crippen LogP contribution < -0.4 is 9.47 Å². The molecule has 4 bridgehead atoms. The molecule has 2 aromatic rings. The Kier molecular flexibility index (Phi) is 4.83. The van der Waals surface area contributed by atoms with Crippen LogP contribution in [0.25, 0.3) is 0 Å². The second-order valence-corrected chi connectivity index (χ2v) is 10.1. The summed E-state index contributed by atoms with van der Waals surface area (Å²) < 4.78 is 52.7. The van der Waals surface area contributed by atoms with Crippen molar-refractivity contribution in [1.82, 2.24) is 14.9 Å². The van der Waals surface area contributed by atoms with E-state index in [1.165, 1.54) is 0 Å². The normalized spacial score (nSPS) is 30.3. The van der Waals surface area contributed by atoms with Crippen molar-refractivity contribution in [3.05, 3.63) is 47.5 Å². The van der Waals surface area contributed by atoms with Crippen LogP contribution in [-0.4, -0.2) is 46.7 Å². The summed E-state index contributed by atoms with van der Waals surface area (Å²) in [5, 5.41) is 0. The molecule has 9 heteroatoms. The molecule has 1 amide bonds. The molecule has 0 unspecified atom stereocenters. The molecule has 2 aliphatic carbocycles. The van der Waals surface area contributed by atoms with Crippen LogP contribution >= 0.6 is 0 Å². The molecule has 3 fully saturated rings. The lowest BCUT2D eigenvalue weighted by atomic mass is 9.81. The number of aromatic nitrogens is 2. The Bertz CT molecular complexity index is 1260. The molecular formula is C26H24F3N3O3. The molecule has 4 aliphatic rings. The maximum Gasteiger partial charge on any atom is 0.394 e. The molecule has 2 aromatic heterocycles. The van der Waals surface area contributed by atoms with E-state index in [0.29, 0.717) is 48.6 Å². The molecule has 1 saturated heterocycles. The van der Waals surface area contributed by atoms with Crippen molar-refractivity contribution in [2.24, 2.45) is 10.8 Å². The molecule has 2 aliphatic heterocycles. The molecule has 2 atom stereocenters. The minimum atomic E-state index is -4.27. The molecule has 0 N–H and O–H groups in total. The molecule has 182 valence electrons. The summed E-state index contributed by atoms with van der Waals surface area (Å²) in [6, 6.07) is 3.19. The molecule has 4 heterocycles. The third-order valence-electron chi connectivity index (χ3n) is 8.28. The number of rotatable bonds is 2. The molecule has 6 nitrogen and oxygen atoms in total. The molecular weight excluding hydrogens is 459 g/mol. The summed E-state index contributed by atoms with van der Waals surface area (Å²) >= 11 is 0. The van der Waals surface area contributed by atoms with E-state index in [9.17, 15) is 18.0 Å². The summed E-state index contributed by atoms with van der Waals surface area (Å²) in [5.74, 6) is 7.15. The smallest absolute Gasteiger partial charge is 0.394 e. The Morgan fingerprint density at radius 2 is 2.03 bits per heavy atom. The van der Waals surface area contributed by atoms with Crippen LogP contribution in [0, 0.1) is 22.7 Å². The van der Waals surface area contributed by atoms with Crippen LogP contribution in [0.15, 0.2) is 30.7 Å². The van der Waals surface area contributed by atoms with Gasteiger partial charge in [-0.25, -0.2) is 4.98 Å². The van der Waals surface area contributed by atoms with Gasteiger partial charge in [-0.15, -0.1) is 0 Å². The van der Waals surface area contributed by atoms with Gasteiger partial charge < -0.3 is 14.4 Å². The van der Waals surface area contributed by atoms with Gasteiger partial charge in [0.15, 0.2) is 0 Å². The second kappa shape index (κ2) is 7.61. The van der Waals surface area contributed by atoms with Gasteiger partial charge in [0.25, 0.3) is 0 Å². The van der Waals surface area contributed by atoms with Crippen molar-refractivity contribution in [3.63, 3.8) is 0 Å². The van der Waals surface area contributed by atoms with Gasteiger partial charge in [0.05, 0.1) is 36.1 Å². The largest absolute Gasteiger partial charge is 0.497 e. The first-order valence-electron chi connectivity index (χ1n) is 11.8. The number of amides is 1. The first-order valence-corrected chi connectivity index (χ1v) is 11.8. The van der Waals surface area contributed by atoms with E-state index in [2.05, 4.69) is 21.8 Å². The number of carbonyl (C=O) groups is 1. The maximum absolute atomic E-state index is 13.8. The Balaban J connectivity index is 1.29. The Labute approximate surface area is 200 Å². The molecule has 6 rings (SSSR count). The van der Waals surface area contributed by atoms with Gasteiger partial charge in [0.2, 0.25) is 5.91 Å². The number of carbonyl (C=O) groups excluding carboxylic acids is 1. The summed E-state index contributed by atoms with van der Waals surface area (Å²) in [7, 11) is 1.57. The van der Waals surface area contributed by atoms with E-state index in [1.807, 2.05) is 0 Å². The Morgan fingerprint density at radius 1 is 1.23 bits per heavy atom. The SMILES string of the molecule is COc1ccnc(C#Cc2cncc3c2O[C@H]2C[C@@H]3N(C(=O)C34CCC(C(F)(F)F)(CC3)C4)C2)c1. The summed E-state index contributed by atoms with van der Waals surface area (Å²) in [6.07, 6.45) is 1.60. The standard InChI is InChI=1S/C26H24F3N3O3/c1-34-18-4-9-31-17(10-18)3-2-16-12-30-13-20-21-11-19(35-22(16)20)14-32(21)23(33)24-5-7-25(15-24,8-6-24)26(27,28)29/h4,9-10,12-13,19,21H,5-8,11,14-15H2,1H3/t19-,21-,24?,25?/m0/s1.